The molecule has 0 heterocycles. The largest absolute Gasteiger partial charge is 0.396 e. The predicted molar refractivity (Wildman–Crippen MR) is 76.6 cm³/mol. The van der Waals surface area contributed by atoms with Gasteiger partial charge in [0.25, 0.3) is 11.6 Å². The number of non-ortho nitro benzene ring substituents is 1. The van der Waals surface area contributed by atoms with Gasteiger partial charge in [0.15, 0.2) is 0 Å². The first kappa shape index (κ1) is 14.4. The number of carbonyl (C=O) groups is 1. The van der Waals surface area contributed by atoms with Crippen LogP contribution in [0, 0.1) is 22.9 Å². The highest BCUT2D eigenvalue weighted by atomic mass is 19.1. The van der Waals surface area contributed by atoms with Crippen LogP contribution in [0.5, 0.6) is 0 Å². The highest BCUT2D eigenvalue weighted by Gasteiger charge is 2.14. The van der Waals surface area contributed by atoms with Crippen LogP contribution in [-0.2, 0) is 0 Å². The molecule has 108 valence electrons. The Bertz CT molecular complexity index is 731. The van der Waals surface area contributed by atoms with Crippen molar-refractivity contribution >= 4 is 23.0 Å². The van der Waals surface area contributed by atoms with Gasteiger partial charge in [-0.3, -0.25) is 14.9 Å². The van der Waals surface area contributed by atoms with Crippen molar-refractivity contribution in [2.45, 2.75) is 6.92 Å². The van der Waals surface area contributed by atoms with Crippen LogP contribution in [0.2, 0.25) is 0 Å². The molecule has 0 aliphatic rings. The molecule has 1 amide bonds. The summed E-state index contributed by atoms with van der Waals surface area (Å²) >= 11 is 0. The zero-order valence-corrected chi connectivity index (χ0v) is 11.1. The standard InChI is InChI=1S/C14H12FN3O3/c1-8-6-10(18(20)21)3-4-11(8)14(19)17-9-2-5-12(15)13(16)7-9/h2-7H,16H2,1H3,(H,17,19). The zero-order valence-electron chi connectivity index (χ0n) is 11.1. The second-order valence-corrected chi connectivity index (χ2v) is 4.45. The first-order chi connectivity index (χ1) is 9.88. The first-order valence-corrected chi connectivity index (χ1v) is 6.00. The summed E-state index contributed by atoms with van der Waals surface area (Å²) in [6.45, 7) is 1.60. The zero-order chi connectivity index (χ0) is 15.6. The SMILES string of the molecule is Cc1cc([N+](=O)[O-])ccc1C(=O)Nc1ccc(F)c(N)c1. The number of amides is 1. The second kappa shape index (κ2) is 5.58. The number of hydrogen-bond donors (Lipinski definition) is 2. The average molecular weight is 289 g/mol. The minimum Gasteiger partial charge on any atom is -0.396 e. The Kier molecular flexibility index (Phi) is 3.84. The molecule has 2 rings (SSSR count). The number of aryl methyl sites for hydroxylation is 1. The number of hydrogen-bond acceptors (Lipinski definition) is 4. The van der Waals surface area contributed by atoms with Gasteiger partial charge in [-0.2, -0.15) is 0 Å². The molecule has 21 heavy (non-hydrogen) atoms. The Morgan fingerprint density at radius 1 is 1.29 bits per heavy atom. The fraction of sp³-hybridized carbons (Fsp3) is 0.0714. The number of nitrogens with zero attached hydrogens (tertiary/aromatic N) is 1. The summed E-state index contributed by atoms with van der Waals surface area (Å²) in [4.78, 5) is 22.2. The maximum atomic E-state index is 13.0. The number of anilines is 2. The van der Waals surface area contributed by atoms with Crippen molar-refractivity contribution in [3.63, 3.8) is 0 Å². The van der Waals surface area contributed by atoms with Crippen LogP contribution in [0.3, 0.4) is 0 Å². The molecule has 2 aromatic carbocycles. The molecule has 0 bridgehead atoms. The number of benzene rings is 2. The van der Waals surface area contributed by atoms with Gasteiger partial charge in [0.05, 0.1) is 10.6 Å². The van der Waals surface area contributed by atoms with Crippen molar-refractivity contribution in [3.8, 4) is 0 Å². The molecule has 0 saturated carbocycles. The van der Waals surface area contributed by atoms with Crippen LogP contribution < -0.4 is 11.1 Å². The minimum absolute atomic E-state index is 0.0757. The maximum Gasteiger partial charge on any atom is 0.269 e. The summed E-state index contributed by atoms with van der Waals surface area (Å²) in [5, 5.41) is 13.2. The van der Waals surface area contributed by atoms with E-state index in [1.54, 1.807) is 6.92 Å². The third-order valence-electron chi connectivity index (χ3n) is 2.92. The number of nitrogens with two attached hydrogens (primary N) is 1. The van der Waals surface area contributed by atoms with E-state index in [1.807, 2.05) is 0 Å². The van der Waals surface area contributed by atoms with E-state index in [1.165, 1.54) is 30.3 Å². The number of nitrogen functional groups attached to an aromatic ring is 1. The van der Waals surface area contributed by atoms with Gasteiger partial charge in [-0.25, -0.2) is 4.39 Å². The van der Waals surface area contributed by atoms with E-state index < -0.39 is 16.6 Å². The molecule has 0 fully saturated rings. The summed E-state index contributed by atoms with van der Waals surface area (Å²) in [5.74, 6) is -1.02. The monoisotopic (exact) mass is 289 g/mol. The Labute approximate surface area is 119 Å². The number of carbonyl (C=O) groups excluding carboxylic acids is 1. The molecule has 0 unspecified atom stereocenters. The van der Waals surface area contributed by atoms with E-state index in [4.69, 9.17) is 5.73 Å². The van der Waals surface area contributed by atoms with Crippen LogP contribution in [0.15, 0.2) is 36.4 Å². The molecule has 0 atom stereocenters. The number of nitro groups is 1. The fourth-order valence-electron chi connectivity index (χ4n) is 1.84. The van der Waals surface area contributed by atoms with E-state index in [-0.39, 0.29) is 11.4 Å². The Hall–Kier alpha value is -2.96. The molecule has 7 heteroatoms. The molecule has 0 aromatic heterocycles. The third kappa shape index (κ3) is 3.14. The van der Waals surface area contributed by atoms with Gasteiger partial charge in [-0.15, -0.1) is 0 Å². The van der Waals surface area contributed by atoms with Crippen LogP contribution >= 0.6 is 0 Å². The first-order valence-electron chi connectivity index (χ1n) is 6.00. The van der Waals surface area contributed by atoms with Crippen molar-refractivity contribution in [1.82, 2.24) is 0 Å². The molecule has 0 radical (unpaired) electrons. The summed E-state index contributed by atoms with van der Waals surface area (Å²) in [6.07, 6.45) is 0. The highest BCUT2D eigenvalue weighted by molar-refractivity contribution is 6.05. The molecule has 0 aliphatic carbocycles. The summed E-state index contributed by atoms with van der Waals surface area (Å²) in [7, 11) is 0. The molecule has 6 nitrogen and oxygen atoms in total. The van der Waals surface area contributed by atoms with E-state index in [2.05, 4.69) is 5.32 Å². The lowest BCUT2D eigenvalue weighted by molar-refractivity contribution is -0.384. The molecule has 2 aromatic rings. The van der Waals surface area contributed by atoms with Crippen molar-refractivity contribution < 1.29 is 14.1 Å². The van der Waals surface area contributed by atoms with Crippen LogP contribution in [0.4, 0.5) is 21.5 Å². The van der Waals surface area contributed by atoms with Gasteiger partial charge in [0.2, 0.25) is 0 Å². The van der Waals surface area contributed by atoms with Crippen LogP contribution in [0.25, 0.3) is 0 Å². The molecule has 0 spiro atoms. The summed E-state index contributed by atoms with van der Waals surface area (Å²) < 4.78 is 13.0. The van der Waals surface area contributed by atoms with Gasteiger partial charge in [0.1, 0.15) is 5.82 Å². The van der Waals surface area contributed by atoms with Gasteiger partial charge in [-0.1, -0.05) is 0 Å². The predicted octanol–water partition coefficient (Wildman–Crippen LogP) is 2.88. The van der Waals surface area contributed by atoms with Crippen LogP contribution in [0.1, 0.15) is 15.9 Å². The molecule has 3 N–H and O–H groups in total. The highest BCUT2D eigenvalue weighted by Crippen LogP contribution is 2.20. The Balaban J connectivity index is 2.24. The molecule has 0 aliphatic heterocycles. The molecule has 0 saturated heterocycles. The lowest BCUT2D eigenvalue weighted by atomic mass is 10.1. The number of halogens is 1. The normalized spacial score (nSPS) is 10.2. The van der Waals surface area contributed by atoms with Gasteiger partial charge >= 0.3 is 0 Å². The van der Waals surface area contributed by atoms with E-state index in [9.17, 15) is 19.3 Å². The number of nitrogens with one attached hydrogen (secondary N) is 1. The molecular formula is C14H12FN3O3. The lowest BCUT2D eigenvalue weighted by Crippen LogP contribution is -2.13. The van der Waals surface area contributed by atoms with Gasteiger partial charge in [-0.05, 0) is 36.8 Å². The summed E-state index contributed by atoms with van der Waals surface area (Å²) in [6, 6.07) is 7.76. The van der Waals surface area contributed by atoms with E-state index in [0.29, 0.717) is 16.8 Å². The molecular weight excluding hydrogens is 277 g/mol. The second-order valence-electron chi connectivity index (χ2n) is 4.45. The fourth-order valence-corrected chi connectivity index (χ4v) is 1.84. The van der Waals surface area contributed by atoms with Gasteiger partial charge in [0, 0.05) is 23.4 Å². The average Bonchev–Trinajstić information content (AvgIpc) is 2.42. The van der Waals surface area contributed by atoms with E-state index >= 15 is 0 Å². The van der Waals surface area contributed by atoms with Crippen molar-refractivity contribution in [3.05, 3.63) is 63.5 Å². The number of nitro benzene ring substituents is 1. The third-order valence-corrected chi connectivity index (χ3v) is 2.92. The van der Waals surface area contributed by atoms with E-state index in [0.717, 1.165) is 6.07 Å². The Morgan fingerprint density at radius 3 is 2.57 bits per heavy atom. The quantitative estimate of drug-likeness (QED) is 0.515. The van der Waals surface area contributed by atoms with Crippen molar-refractivity contribution in [1.29, 1.82) is 0 Å². The van der Waals surface area contributed by atoms with Crippen molar-refractivity contribution in [2.75, 3.05) is 11.1 Å². The minimum atomic E-state index is -0.570. The van der Waals surface area contributed by atoms with Gasteiger partial charge < -0.3 is 11.1 Å². The Morgan fingerprint density at radius 2 is 2.00 bits per heavy atom. The summed E-state index contributed by atoms with van der Waals surface area (Å²) in [5.41, 5.74) is 6.36. The van der Waals surface area contributed by atoms with Crippen LogP contribution in [-0.4, -0.2) is 10.8 Å². The number of rotatable bonds is 3. The smallest absolute Gasteiger partial charge is 0.269 e. The van der Waals surface area contributed by atoms with Crippen molar-refractivity contribution in [2.24, 2.45) is 0 Å². The topological polar surface area (TPSA) is 98.3 Å². The maximum absolute atomic E-state index is 13.0. The lowest BCUT2D eigenvalue weighted by Gasteiger charge is -2.08.